The lowest BCUT2D eigenvalue weighted by molar-refractivity contribution is -0.118. The van der Waals surface area contributed by atoms with Gasteiger partial charge in [-0.15, -0.1) is 0 Å². The van der Waals surface area contributed by atoms with E-state index in [1.54, 1.807) is 13.8 Å². The number of nitrogens with one attached hydrogen (secondary N) is 3. The number of ether oxygens (including phenoxy) is 1. The first kappa shape index (κ1) is 17.4. The second kappa shape index (κ2) is 7.96. The number of methoxy groups -OCH3 is 1. The van der Waals surface area contributed by atoms with E-state index in [-0.39, 0.29) is 23.8 Å². The number of hydrogen-bond donors (Lipinski definition) is 3. The number of esters is 1. The topological polar surface area (TPSA) is 96.5 Å². The van der Waals surface area contributed by atoms with E-state index in [2.05, 4.69) is 20.7 Å². The Hall–Kier alpha value is -2.64. The third-order valence-electron chi connectivity index (χ3n) is 2.50. The fourth-order valence-corrected chi connectivity index (χ4v) is 1.55. The molecule has 8 heteroatoms. The smallest absolute Gasteiger partial charge is 0.337 e. The minimum absolute atomic E-state index is 0.0395. The molecule has 120 valence electrons. The summed E-state index contributed by atoms with van der Waals surface area (Å²) >= 11 is 0. The first-order valence-electron chi connectivity index (χ1n) is 6.55. The number of urea groups is 1. The second-order valence-corrected chi connectivity index (χ2v) is 4.72. The molecule has 0 aliphatic heterocycles. The second-order valence-electron chi connectivity index (χ2n) is 4.72. The number of anilines is 1. The molecule has 0 aliphatic carbocycles. The molecule has 3 N–H and O–H groups in total. The summed E-state index contributed by atoms with van der Waals surface area (Å²) in [7, 11) is 1.21. The van der Waals surface area contributed by atoms with Gasteiger partial charge < -0.3 is 15.4 Å². The van der Waals surface area contributed by atoms with Crippen molar-refractivity contribution in [3.05, 3.63) is 29.6 Å². The average molecular weight is 311 g/mol. The Morgan fingerprint density at radius 3 is 2.55 bits per heavy atom. The van der Waals surface area contributed by atoms with Gasteiger partial charge in [0.25, 0.3) is 0 Å². The van der Waals surface area contributed by atoms with Gasteiger partial charge in [0, 0.05) is 6.04 Å². The lowest BCUT2D eigenvalue weighted by Gasteiger charge is -2.11. The van der Waals surface area contributed by atoms with E-state index in [1.807, 2.05) is 0 Å². The van der Waals surface area contributed by atoms with E-state index in [9.17, 15) is 18.8 Å². The highest BCUT2D eigenvalue weighted by atomic mass is 19.1. The molecule has 0 unspecified atom stereocenters. The average Bonchev–Trinajstić information content (AvgIpc) is 2.44. The zero-order valence-corrected chi connectivity index (χ0v) is 12.5. The normalized spacial score (nSPS) is 10.0. The monoisotopic (exact) mass is 311 g/mol. The number of carbonyl (C=O) groups excluding carboxylic acids is 3. The van der Waals surface area contributed by atoms with Crippen molar-refractivity contribution in [3.63, 3.8) is 0 Å². The first-order valence-corrected chi connectivity index (χ1v) is 6.55. The molecular formula is C14H18FN3O4. The Labute approximate surface area is 127 Å². The predicted molar refractivity (Wildman–Crippen MR) is 78.0 cm³/mol. The molecule has 0 radical (unpaired) electrons. The number of carbonyl (C=O) groups is 3. The van der Waals surface area contributed by atoms with Crippen LogP contribution in [-0.2, 0) is 9.53 Å². The molecule has 0 heterocycles. The summed E-state index contributed by atoms with van der Waals surface area (Å²) in [6.45, 7) is 3.17. The molecule has 0 spiro atoms. The first-order chi connectivity index (χ1) is 10.3. The van der Waals surface area contributed by atoms with Gasteiger partial charge in [-0.25, -0.2) is 14.0 Å². The zero-order valence-electron chi connectivity index (χ0n) is 12.5. The Morgan fingerprint density at radius 2 is 1.95 bits per heavy atom. The van der Waals surface area contributed by atoms with Gasteiger partial charge in [-0.3, -0.25) is 10.1 Å². The number of imide groups is 1. The molecule has 3 amide bonds. The lowest BCUT2D eigenvalue weighted by Crippen LogP contribution is -2.44. The highest BCUT2D eigenvalue weighted by molar-refractivity contribution is 5.96. The Kier molecular flexibility index (Phi) is 6.30. The lowest BCUT2D eigenvalue weighted by atomic mass is 10.2. The van der Waals surface area contributed by atoms with E-state index in [4.69, 9.17) is 0 Å². The Bertz CT molecular complexity index is 575. The van der Waals surface area contributed by atoms with Crippen molar-refractivity contribution in [2.45, 2.75) is 19.9 Å². The minimum Gasteiger partial charge on any atom is -0.465 e. The molecule has 0 saturated carbocycles. The highest BCUT2D eigenvalue weighted by Gasteiger charge is 2.12. The van der Waals surface area contributed by atoms with Crippen molar-refractivity contribution in [1.82, 2.24) is 10.6 Å². The summed E-state index contributed by atoms with van der Waals surface area (Å²) in [5, 5.41) is 7.08. The van der Waals surface area contributed by atoms with Crippen molar-refractivity contribution in [1.29, 1.82) is 0 Å². The van der Waals surface area contributed by atoms with Crippen LogP contribution in [0.3, 0.4) is 0 Å². The summed E-state index contributed by atoms with van der Waals surface area (Å²) in [6.07, 6.45) is 0. The van der Waals surface area contributed by atoms with Gasteiger partial charge in [-0.05, 0) is 32.0 Å². The molecule has 1 aromatic carbocycles. The standard InChI is InChI=1S/C14H18FN3O4/c1-8(2)17-14(21)18-12(19)7-16-11-6-9(13(20)22-3)4-5-10(11)15/h4-6,8,16H,7H2,1-3H3,(H2,17,18,19,21). The van der Waals surface area contributed by atoms with Crippen LogP contribution in [0.2, 0.25) is 0 Å². The van der Waals surface area contributed by atoms with Gasteiger partial charge in [-0.2, -0.15) is 0 Å². The molecule has 0 aromatic heterocycles. The molecule has 0 aliphatic rings. The van der Waals surface area contributed by atoms with Gasteiger partial charge in [0.2, 0.25) is 5.91 Å². The van der Waals surface area contributed by atoms with Crippen molar-refractivity contribution < 1.29 is 23.5 Å². The number of hydrogen-bond acceptors (Lipinski definition) is 5. The summed E-state index contributed by atoms with van der Waals surface area (Å²) < 4.78 is 18.1. The van der Waals surface area contributed by atoms with Gasteiger partial charge in [0.1, 0.15) is 5.82 Å². The van der Waals surface area contributed by atoms with Crippen LogP contribution in [0, 0.1) is 5.82 Å². The van der Waals surface area contributed by atoms with Crippen LogP contribution in [0.15, 0.2) is 18.2 Å². The minimum atomic E-state index is -0.638. The van der Waals surface area contributed by atoms with Crippen molar-refractivity contribution in [2.75, 3.05) is 19.0 Å². The fourth-order valence-electron chi connectivity index (χ4n) is 1.55. The van der Waals surface area contributed by atoms with E-state index in [1.165, 1.54) is 19.2 Å². The van der Waals surface area contributed by atoms with Crippen LogP contribution < -0.4 is 16.0 Å². The van der Waals surface area contributed by atoms with Gasteiger partial charge in [-0.1, -0.05) is 0 Å². The van der Waals surface area contributed by atoms with Crippen LogP contribution in [0.5, 0.6) is 0 Å². The van der Waals surface area contributed by atoms with Crippen LogP contribution in [0.4, 0.5) is 14.9 Å². The summed E-state index contributed by atoms with van der Waals surface area (Å²) in [6, 6.07) is 2.82. The van der Waals surface area contributed by atoms with Crippen LogP contribution >= 0.6 is 0 Å². The summed E-state index contributed by atoms with van der Waals surface area (Å²) in [5.41, 5.74) is 0.103. The quantitative estimate of drug-likeness (QED) is 0.711. The molecule has 1 aromatic rings. The zero-order chi connectivity index (χ0) is 16.7. The van der Waals surface area contributed by atoms with E-state index >= 15 is 0 Å². The maximum atomic E-state index is 13.6. The molecule has 0 bridgehead atoms. The van der Waals surface area contributed by atoms with Gasteiger partial charge >= 0.3 is 12.0 Å². The fraction of sp³-hybridized carbons (Fsp3) is 0.357. The van der Waals surface area contributed by atoms with Crippen molar-refractivity contribution in [2.24, 2.45) is 0 Å². The highest BCUT2D eigenvalue weighted by Crippen LogP contribution is 2.16. The number of amides is 3. The van der Waals surface area contributed by atoms with Crippen molar-refractivity contribution >= 4 is 23.6 Å². The maximum absolute atomic E-state index is 13.6. The summed E-state index contributed by atoms with van der Waals surface area (Å²) in [5.74, 6) is -1.89. The molecule has 0 fully saturated rings. The molecular weight excluding hydrogens is 293 g/mol. The number of rotatable bonds is 5. The van der Waals surface area contributed by atoms with E-state index in [0.717, 1.165) is 6.07 Å². The van der Waals surface area contributed by atoms with Gasteiger partial charge in [0.05, 0.1) is 24.9 Å². The third-order valence-corrected chi connectivity index (χ3v) is 2.50. The molecule has 0 atom stereocenters. The number of benzene rings is 1. The van der Waals surface area contributed by atoms with Crippen LogP contribution in [0.25, 0.3) is 0 Å². The Morgan fingerprint density at radius 1 is 1.27 bits per heavy atom. The van der Waals surface area contributed by atoms with Crippen molar-refractivity contribution in [3.8, 4) is 0 Å². The molecule has 7 nitrogen and oxygen atoms in total. The summed E-state index contributed by atoms with van der Waals surface area (Å²) in [4.78, 5) is 34.2. The van der Waals surface area contributed by atoms with E-state index in [0.29, 0.717) is 0 Å². The molecule has 1 rings (SSSR count). The predicted octanol–water partition coefficient (Wildman–Crippen LogP) is 1.26. The van der Waals surface area contributed by atoms with Crippen LogP contribution in [-0.4, -0.2) is 37.6 Å². The van der Waals surface area contributed by atoms with Gasteiger partial charge in [0.15, 0.2) is 0 Å². The van der Waals surface area contributed by atoms with Crippen LogP contribution in [0.1, 0.15) is 24.2 Å². The SMILES string of the molecule is COC(=O)c1ccc(F)c(NCC(=O)NC(=O)NC(C)C)c1. The maximum Gasteiger partial charge on any atom is 0.337 e. The van der Waals surface area contributed by atoms with E-state index < -0.39 is 23.7 Å². The molecule has 0 saturated heterocycles. The Balaban J connectivity index is 2.62. The number of halogens is 1. The largest absolute Gasteiger partial charge is 0.465 e. The molecule has 22 heavy (non-hydrogen) atoms. The third kappa shape index (κ3) is 5.39.